The Labute approximate surface area is 178 Å². The van der Waals surface area contributed by atoms with Gasteiger partial charge in [-0.05, 0) is 37.6 Å². The van der Waals surface area contributed by atoms with Gasteiger partial charge in [-0.2, -0.15) is 0 Å². The van der Waals surface area contributed by atoms with Gasteiger partial charge in [0.2, 0.25) is 0 Å². The van der Waals surface area contributed by atoms with Crippen molar-refractivity contribution in [1.82, 2.24) is 24.1 Å². The predicted octanol–water partition coefficient (Wildman–Crippen LogP) is 2.70. The van der Waals surface area contributed by atoms with Gasteiger partial charge in [-0.15, -0.1) is 0 Å². The predicted molar refractivity (Wildman–Crippen MR) is 120 cm³/mol. The van der Waals surface area contributed by atoms with Gasteiger partial charge in [-0.1, -0.05) is 36.4 Å². The SMILES string of the molecule is Cc1cccn2c(CN3CCN(C)CC3)c(C(=O)N(C)CCc3ccccc3)nc12. The van der Waals surface area contributed by atoms with Crippen LogP contribution in [0.3, 0.4) is 0 Å². The van der Waals surface area contributed by atoms with Crippen LogP contribution in [0, 0.1) is 6.92 Å². The molecule has 0 spiro atoms. The number of pyridine rings is 1. The van der Waals surface area contributed by atoms with Crippen LogP contribution >= 0.6 is 0 Å². The topological polar surface area (TPSA) is 44.1 Å². The van der Waals surface area contributed by atoms with Crippen LogP contribution < -0.4 is 0 Å². The summed E-state index contributed by atoms with van der Waals surface area (Å²) in [6.07, 6.45) is 2.87. The first-order valence-corrected chi connectivity index (χ1v) is 10.7. The summed E-state index contributed by atoms with van der Waals surface area (Å²) < 4.78 is 2.10. The molecule has 0 N–H and O–H groups in total. The lowest BCUT2D eigenvalue weighted by atomic mass is 10.1. The highest BCUT2D eigenvalue weighted by Gasteiger charge is 2.25. The highest BCUT2D eigenvalue weighted by molar-refractivity contribution is 5.94. The summed E-state index contributed by atoms with van der Waals surface area (Å²) in [7, 11) is 4.04. The minimum absolute atomic E-state index is 0.00170. The van der Waals surface area contributed by atoms with Crippen molar-refractivity contribution in [3.8, 4) is 0 Å². The lowest BCUT2D eigenvalue weighted by molar-refractivity contribution is 0.0787. The average molecular weight is 406 g/mol. The van der Waals surface area contributed by atoms with Crippen LogP contribution in [-0.2, 0) is 13.0 Å². The number of carbonyl (C=O) groups excluding carboxylic acids is 1. The van der Waals surface area contributed by atoms with Gasteiger partial charge in [0.05, 0.1) is 5.69 Å². The van der Waals surface area contributed by atoms with E-state index in [-0.39, 0.29) is 5.91 Å². The van der Waals surface area contributed by atoms with E-state index in [1.54, 1.807) is 4.90 Å². The van der Waals surface area contributed by atoms with Crippen molar-refractivity contribution in [2.24, 2.45) is 0 Å². The second-order valence-electron chi connectivity index (χ2n) is 8.33. The average Bonchev–Trinajstić information content (AvgIpc) is 3.13. The second-order valence-corrected chi connectivity index (χ2v) is 8.33. The summed E-state index contributed by atoms with van der Waals surface area (Å²) in [4.78, 5) is 24.8. The third kappa shape index (κ3) is 4.40. The Kier molecular flexibility index (Phi) is 6.16. The van der Waals surface area contributed by atoms with Gasteiger partial charge in [-0.3, -0.25) is 9.69 Å². The Bertz CT molecular complexity index is 1010. The number of aryl methyl sites for hydroxylation is 1. The number of rotatable bonds is 6. The maximum atomic E-state index is 13.4. The van der Waals surface area contributed by atoms with E-state index in [4.69, 9.17) is 4.98 Å². The van der Waals surface area contributed by atoms with E-state index in [0.717, 1.165) is 56.0 Å². The summed E-state index contributed by atoms with van der Waals surface area (Å²) in [5.74, 6) is -0.00170. The Morgan fingerprint density at radius 3 is 2.53 bits per heavy atom. The first-order valence-electron chi connectivity index (χ1n) is 10.7. The summed E-state index contributed by atoms with van der Waals surface area (Å²) in [6, 6.07) is 14.4. The molecule has 6 nitrogen and oxygen atoms in total. The largest absolute Gasteiger partial charge is 0.340 e. The highest BCUT2D eigenvalue weighted by Crippen LogP contribution is 2.20. The van der Waals surface area contributed by atoms with E-state index in [1.165, 1.54) is 5.56 Å². The zero-order chi connectivity index (χ0) is 21.1. The number of amides is 1. The molecule has 0 radical (unpaired) electrons. The van der Waals surface area contributed by atoms with Crippen molar-refractivity contribution in [2.75, 3.05) is 46.8 Å². The molecule has 1 aliphatic rings. The second kappa shape index (κ2) is 8.98. The molecule has 0 unspecified atom stereocenters. The van der Waals surface area contributed by atoms with Gasteiger partial charge in [0.25, 0.3) is 5.91 Å². The summed E-state index contributed by atoms with van der Waals surface area (Å²) in [5, 5.41) is 0. The van der Waals surface area contributed by atoms with Crippen molar-refractivity contribution >= 4 is 11.6 Å². The molecule has 0 bridgehead atoms. The number of hydrogen-bond donors (Lipinski definition) is 0. The van der Waals surface area contributed by atoms with Crippen molar-refractivity contribution in [3.05, 3.63) is 71.2 Å². The van der Waals surface area contributed by atoms with Crippen LogP contribution in [0.5, 0.6) is 0 Å². The quantitative estimate of drug-likeness (QED) is 0.633. The minimum atomic E-state index is -0.00170. The minimum Gasteiger partial charge on any atom is -0.340 e. The molecule has 1 aliphatic heterocycles. The van der Waals surface area contributed by atoms with Gasteiger partial charge in [-0.25, -0.2) is 4.98 Å². The summed E-state index contributed by atoms with van der Waals surface area (Å²) in [5.41, 5.74) is 4.78. The molecule has 0 atom stereocenters. The number of benzene rings is 1. The molecule has 3 aromatic rings. The lowest BCUT2D eigenvalue weighted by Gasteiger charge is -2.32. The smallest absolute Gasteiger partial charge is 0.274 e. The van der Waals surface area contributed by atoms with Crippen molar-refractivity contribution in [1.29, 1.82) is 0 Å². The molecule has 0 saturated carbocycles. The van der Waals surface area contributed by atoms with E-state index in [1.807, 2.05) is 37.5 Å². The van der Waals surface area contributed by atoms with Crippen LogP contribution in [0.2, 0.25) is 0 Å². The van der Waals surface area contributed by atoms with Crippen LogP contribution in [-0.4, -0.2) is 76.8 Å². The molecule has 30 heavy (non-hydrogen) atoms. The molecule has 1 fully saturated rings. The molecule has 1 amide bonds. The molecule has 4 rings (SSSR count). The number of nitrogens with zero attached hydrogens (tertiary/aromatic N) is 5. The lowest BCUT2D eigenvalue weighted by Crippen LogP contribution is -2.44. The normalized spacial score (nSPS) is 15.6. The maximum Gasteiger partial charge on any atom is 0.274 e. The molecular formula is C24H31N5O. The van der Waals surface area contributed by atoms with Crippen molar-refractivity contribution in [3.63, 3.8) is 0 Å². The third-order valence-corrected chi connectivity index (χ3v) is 6.04. The number of imidazole rings is 1. The van der Waals surface area contributed by atoms with E-state index in [2.05, 4.69) is 46.4 Å². The molecule has 158 valence electrons. The monoisotopic (exact) mass is 405 g/mol. The van der Waals surface area contributed by atoms with Crippen molar-refractivity contribution < 1.29 is 4.79 Å². The Hall–Kier alpha value is -2.70. The summed E-state index contributed by atoms with van der Waals surface area (Å²) in [6.45, 7) is 7.58. The molecule has 1 saturated heterocycles. The molecule has 6 heteroatoms. The van der Waals surface area contributed by atoms with E-state index >= 15 is 0 Å². The molecular weight excluding hydrogens is 374 g/mol. The zero-order valence-electron chi connectivity index (χ0n) is 18.2. The van der Waals surface area contributed by atoms with E-state index < -0.39 is 0 Å². The zero-order valence-corrected chi connectivity index (χ0v) is 18.2. The van der Waals surface area contributed by atoms with Gasteiger partial charge >= 0.3 is 0 Å². The fourth-order valence-corrected chi connectivity index (χ4v) is 4.02. The first-order chi connectivity index (χ1) is 14.5. The fraction of sp³-hybridized carbons (Fsp3) is 0.417. The van der Waals surface area contributed by atoms with E-state index in [9.17, 15) is 4.79 Å². The van der Waals surface area contributed by atoms with Crippen LogP contribution in [0.1, 0.15) is 27.3 Å². The third-order valence-electron chi connectivity index (χ3n) is 6.04. The number of hydrogen-bond acceptors (Lipinski definition) is 4. The maximum absolute atomic E-state index is 13.4. The van der Waals surface area contributed by atoms with Gasteiger partial charge < -0.3 is 14.2 Å². The molecule has 1 aromatic carbocycles. The van der Waals surface area contributed by atoms with Gasteiger partial charge in [0.1, 0.15) is 5.65 Å². The number of likely N-dealkylation sites (N-methyl/N-ethyl adjacent to an activating group) is 2. The van der Waals surface area contributed by atoms with Crippen molar-refractivity contribution in [2.45, 2.75) is 19.9 Å². The Morgan fingerprint density at radius 2 is 1.80 bits per heavy atom. The first kappa shape index (κ1) is 20.6. The molecule has 0 aliphatic carbocycles. The number of aromatic nitrogens is 2. The van der Waals surface area contributed by atoms with Gasteiger partial charge in [0, 0.05) is 52.5 Å². The van der Waals surface area contributed by atoms with Crippen LogP contribution in [0.15, 0.2) is 48.7 Å². The Balaban J connectivity index is 1.58. The van der Waals surface area contributed by atoms with Gasteiger partial charge in [0.15, 0.2) is 5.69 Å². The van der Waals surface area contributed by atoms with Crippen LogP contribution in [0.25, 0.3) is 5.65 Å². The standard InChI is InChI=1S/C24H31N5O/c1-19-8-7-12-29-21(18-28-16-14-26(2)15-17-28)22(25-23(19)29)24(30)27(3)13-11-20-9-5-4-6-10-20/h4-10,12H,11,13-18H2,1-3H3. The van der Waals surface area contributed by atoms with Crippen LogP contribution in [0.4, 0.5) is 0 Å². The number of carbonyl (C=O) groups is 1. The number of fused-ring (bicyclic) bond motifs is 1. The Morgan fingerprint density at radius 1 is 1.07 bits per heavy atom. The number of piperazine rings is 1. The highest BCUT2D eigenvalue weighted by atomic mass is 16.2. The molecule has 2 aromatic heterocycles. The summed E-state index contributed by atoms with van der Waals surface area (Å²) >= 11 is 0. The van der Waals surface area contributed by atoms with E-state index in [0.29, 0.717) is 12.2 Å². The fourth-order valence-electron chi connectivity index (χ4n) is 4.02. The molecule has 3 heterocycles.